The minimum atomic E-state index is -1.25. The number of hydrogen-bond acceptors (Lipinski definition) is 3. The summed E-state index contributed by atoms with van der Waals surface area (Å²) in [5, 5.41) is 9.04. The van der Waals surface area contributed by atoms with E-state index in [-0.39, 0.29) is 6.61 Å². The summed E-state index contributed by atoms with van der Waals surface area (Å²) in [4.78, 5) is 10.5. The number of benzene rings is 1. The Hall–Kier alpha value is -1.55. The van der Waals surface area contributed by atoms with Gasteiger partial charge in [-0.05, 0) is 19.1 Å². The molecule has 0 spiro atoms. The van der Waals surface area contributed by atoms with Gasteiger partial charge in [0.25, 0.3) is 0 Å². The number of hydrogen-bond donors (Lipinski definition) is 2. The van der Waals surface area contributed by atoms with Gasteiger partial charge in [0.2, 0.25) is 5.91 Å². The lowest BCUT2D eigenvalue weighted by Crippen LogP contribution is -2.33. The summed E-state index contributed by atoms with van der Waals surface area (Å²) in [6.45, 7) is 1.85. The normalized spacial score (nSPS) is 12.1. The monoisotopic (exact) mass is 195 g/mol. The number of aliphatic hydroxyl groups is 1. The van der Waals surface area contributed by atoms with Gasteiger partial charge < -0.3 is 15.6 Å². The van der Waals surface area contributed by atoms with E-state index < -0.39 is 12.0 Å². The van der Waals surface area contributed by atoms with E-state index in [4.69, 9.17) is 15.6 Å². The molecule has 0 saturated heterocycles. The van der Waals surface area contributed by atoms with Crippen LogP contribution in [0.25, 0.3) is 0 Å². The molecule has 0 aliphatic heterocycles. The van der Waals surface area contributed by atoms with Gasteiger partial charge in [-0.1, -0.05) is 17.7 Å². The Labute approximate surface area is 82.3 Å². The summed E-state index contributed by atoms with van der Waals surface area (Å²) in [6, 6.07) is 7.30. The van der Waals surface area contributed by atoms with Crippen molar-refractivity contribution in [3.05, 3.63) is 29.8 Å². The van der Waals surface area contributed by atoms with Crippen molar-refractivity contribution >= 4 is 5.91 Å². The average Bonchev–Trinajstić information content (AvgIpc) is 2.16. The first-order valence-electron chi connectivity index (χ1n) is 4.26. The van der Waals surface area contributed by atoms with E-state index in [1.54, 1.807) is 12.1 Å². The number of ether oxygens (including phenoxy) is 1. The third-order valence-electron chi connectivity index (χ3n) is 1.76. The first kappa shape index (κ1) is 10.5. The van der Waals surface area contributed by atoms with E-state index in [1.807, 2.05) is 19.1 Å². The van der Waals surface area contributed by atoms with Gasteiger partial charge in [0.15, 0.2) is 6.10 Å². The van der Waals surface area contributed by atoms with E-state index >= 15 is 0 Å². The van der Waals surface area contributed by atoms with E-state index in [2.05, 4.69) is 0 Å². The molecule has 1 amide bonds. The number of aryl methyl sites for hydroxylation is 1. The predicted molar refractivity (Wildman–Crippen MR) is 51.9 cm³/mol. The smallest absolute Gasteiger partial charge is 0.249 e. The van der Waals surface area contributed by atoms with Crippen LogP contribution in [0.5, 0.6) is 5.75 Å². The van der Waals surface area contributed by atoms with E-state index in [1.165, 1.54) is 0 Å². The summed E-state index contributed by atoms with van der Waals surface area (Å²) < 4.78 is 5.13. The molecule has 76 valence electrons. The number of rotatable bonds is 4. The largest absolute Gasteiger partial charge is 0.490 e. The van der Waals surface area contributed by atoms with Crippen molar-refractivity contribution in [3.63, 3.8) is 0 Å². The Morgan fingerprint density at radius 1 is 1.50 bits per heavy atom. The van der Waals surface area contributed by atoms with Crippen LogP contribution in [0.15, 0.2) is 24.3 Å². The fraction of sp³-hybridized carbons (Fsp3) is 0.300. The molecule has 0 aliphatic carbocycles. The molecule has 1 aromatic carbocycles. The Balaban J connectivity index is 2.46. The van der Waals surface area contributed by atoms with Gasteiger partial charge >= 0.3 is 0 Å². The van der Waals surface area contributed by atoms with Crippen molar-refractivity contribution < 1.29 is 14.6 Å². The van der Waals surface area contributed by atoms with Crippen LogP contribution in [-0.2, 0) is 4.79 Å². The first-order valence-corrected chi connectivity index (χ1v) is 4.26. The molecule has 0 heterocycles. The van der Waals surface area contributed by atoms with Crippen molar-refractivity contribution in [1.29, 1.82) is 0 Å². The summed E-state index contributed by atoms with van der Waals surface area (Å²) in [5.41, 5.74) is 5.97. The summed E-state index contributed by atoms with van der Waals surface area (Å²) >= 11 is 0. The molecule has 1 aromatic rings. The standard InChI is InChI=1S/C10H13NO3/c1-7-2-4-8(5-3-7)14-6-9(12)10(11)13/h2-5,9,12H,6H2,1H3,(H2,11,13). The molecule has 0 saturated carbocycles. The summed E-state index contributed by atoms with van der Waals surface area (Å²) in [7, 11) is 0. The quantitative estimate of drug-likeness (QED) is 0.721. The van der Waals surface area contributed by atoms with Crippen molar-refractivity contribution in [1.82, 2.24) is 0 Å². The molecule has 0 radical (unpaired) electrons. The van der Waals surface area contributed by atoms with Crippen LogP contribution in [0.3, 0.4) is 0 Å². The maximum Gasteiger partial charge on any atom is 0.249 e. The van der Waals surface area contributed by atoms with E-state index in [9.17, 15) is 4.79 Å². The number of amides is 1. The minimum Gasteiger partial charge on any atom is -0.490 e. The van der Waals surface area contributed by atoms with Gasteiger partial charge in [-0.2, -0.15) is 0 Å². The molecule has 0 aromatic heterocycles. The highest BCUT2D eigenvalue weighted by atomic mass is 16.5. The molecule has 1 rings (SSSR count). The van der Waals surface area contributed by atoms with Gasteiger partial charge in [-0.3, -0.25) is 4.79 Å². The average molecular weight is 195 g/mol. The van der Waals surface area contributed by atoms with Gasteiger partial charge in [-0.25, -0.2) is 0 Å². The number of carbonyl (C=O) groups is 1. The highest BCUT2D eigenvalue weighted by Gasteiger charge is 2.10. The van der Waals surface area contributed by atoms with Crippen LogP contribution >= 0.6 is 0 Å². The Bertz CT molecular complexity index is 308. The van der Waals surface area contributed by atoms with E-state index in [0.717, 1.165) is 5.56 Å². The third kappa shape index (κ3) is 3.06. The molecular formula is C10H13NO3. The highest BCUT2D eigenvalue weighted by molar-refractivity contribution is 5.78. The molecule has 3 N–H and O–H groups in total. The topological polar surface area (TPSA) is 72.6 Å². The number of aliphatic hydroxyl groups excluding tert-OH is 1. The molecule has 1 unspecified atom stereocenters. The summed E-state index contributed by atoms with van der Waals surface area (Å²) in [5.74, 6) is -0.173. The minimum absolute atomic E-state index is 0.113. The molecule has 0 fully saturated rings. The first-order chi connectivity index (χ1) is 6.59. The lowest BCUT2D eigenvalue weighted by atomic mass is 10.2. The lowest BCUT2D eigenvalue weighted by Gasteiger charge is -2.08. The number of nitrogens with two attached hydrogens (primary N) is 1. The second kappa shape index (κ2) is 4.62. The number of carbonyl (C=O) groups excluding carboxylic acids is 1. The van der Waals surface area contributed by atoms with Crippen LogP contribution in [0.4, 0.5) is 0 Å². The number of primary amides is 1. The highest BCUT2D eigenvalue weighted by Crippen LogP contribution is 2.11. The Morgan fingerprint density at radius 2 is 2.07 bits per heavy atom. The second-order valence-electron chi connectivity index (χ2n) is 3.04. The van der Waals surface area contributed by atoms with Crippen LogP contribution in [-0.4, -0.2) is 23.7 Å². The zero-order valence-electron chi connectivity index (χ0n) is 7.93. The zero-order valence-corrected chi connectivity index (χ0v) is 7.93. The third-order valence-corrected chi connectivity index (χ3v) is 1.76. The zero-order chi connectivity index (χ0) is 10.6. The van der Waals surface area contributed by atoms with Crippen molar-refractivity contribution in [2.24, 2.45) is 5.73 Å². The molecular weight excluding hydrogens is 182 g/mol. The van der Waals surface area contributed by atoms with Crippen LogP contribution in [0.1, 0.15) is 5.56 Å². The van der Waals surface area contributed by atoms with Gasteiger partial charge in [0.05, 0.1) is 0 Å². The maximum atomic E-state index is 10.5. The second-order valence-corrected chi connectivity index (χ2v) is 3.04. The van der Waals surface area contributed by atoms with Crippen LogP contribution in [0, 0.1) is 6.92 Å². The molecule has 4 nitrogen and oxygen atoms in total. The van der Waals surface area contributed by atoms with Gasteiger partial charge in [-0.15, -0.1) is 0 Å². The van der Waals surface area contributed by atoms with Crippen molar-refractivity contribution in [3.8, 4) is 5.75 Å². The Kier molecular flexibility index (Phi) is 3.48. The Morgan fingerprint density at radius 3 is 2.57 bits per heavy atom. The van der Waals surface area contributed by atoms with Gasteiger partial charge in [0.1, 0.15) is 12.4 Å². The SMILES string of the molecule is Cc1ccc(OCC(O)C(N)=O)cc1. The maximum absolute atomic E-state index is 10.5. The molecule has 1 atom stereocenters. The van der Waals surface area contributed by atoms with Gasteiger partial charge in [0, 0.05) is 0 Å². The van der Waals surface area contributed by atoms with Crippen molar-refractivity contribution in [2.45, 2.75) is 13.0 Å². The summed E-state index contributed by atoms with van der Waals surface area (Å²) in [6.07, 6.45) is -1.25. The lowest BCUT2D eigenvalue weighted by molar-refractivity contribution is -0.127. The molecule has 14 heavy (non-hydrogen) atoms. The molecule has 4 heteroatoms. The fourth-order valence-electron chi connectivity index (χ4n) is 0.892. The van der Waals surface area contributed by atoms with Crippen LogP contribution < -0.4 is 10.5 Å². The fourth-order valence-corrected chi connectivity index (χ4v) is 0.892. The van der Waals surface area contributed by atoms with E-state index in [0.29, 0.717) is 5.75 Å². The van der Waals surface area contributed by atoms with Crippen LogP contribution in [0.2, 0.25) is 0 Å². The van der Waals surface area contributed by atoms with Crippen molar-refractivity contribution in [2.75, 3.05) is 6.61 Å². The molecule has 0 aliphatic rings. The molecule has 0 bridgehead atoms. The predicted octanol–water partition coefficient (Wildman–Crippen LogP) is 0.220.